The highest BCUT2D eigenvalue weighted by Gasteiger charge is 2.17. The van der Waals surface area contributed by atoms with Gasteiger partial charge in [-0.2, -0.15) is 0 Å². The minimum absolute atomic E-state index is 0.224. The smallest absolute Gasteiger partial charge is 0.145 e. The van der Waals surface area contributed by atoms with Crippen LogP contribution in [0, 0.1) is 6.92 Å². The summed E-state index contributed by atoms with van der Waals surface area (Å²) in [6.07, 6.45) is 1.24. The zero-order valence-electron chi connectivity index (χ0n) is 10.3. The molecular weight excluding hydrogens is 218 g/mol. The zero-order valence-corrected chi connectivity index (χ0v) is 10.3. The topological polar surface area (TPSA) is 76.3 Å². The fourth-order valence-electron chi connectivity index (χ4n) is 1.99. The van der Waals surface area contributed by atoms with Crippen molar-refractivity contribution in [3.63, 3.8) is 0 Å². The van der Waals surface area contributed by atoms with E-state index < -0.39 is 0 Å². The summed E-state index contributed by atoms with van der Waals surface area (Å²) < 4.78 is 5.62. The molecule has 2 rings (SSSR count). The minimum atomic E-state index is 0.224. The van der Waals surface area contributed by atoms with E-state index in [-0.39, 0.29) is 6.10 Å². The molecule has 0 bridgehead atoms. The van der Waals surface area contributed by atoms with Gasteiger partial charge in [-0.1, -0.05) is 0 Å². The lowest BCUT2D eigenvalue weighted by molar-refractivity contribution is 0.0820. The van der Waals surface area contributed by atoms with E-state index in [2.05, 4.69) is 27.2 Å². The predicted octanol–water partition coefficient (Wildman–Crippen LogP) is 0.686. The van der Waals surface area contributed by atoms with E-state index in [4.69, 9.17) is 10.6 Å². The van der Waals surface area contributed by atoms with Crippen LogP contribution in [0.2, 0.25) is 0 Å². The number of nitrogens with zero attached hydrogens (tertiary/aromatic N) is 3. The van der Waals surface area contributed by atoms with Crippen molar-refractivity contribution in [2.24, 2.45) is 5.84 Å². The Bertz CT molecular complexity index is 384. The van der Waals surface area contributed by atoms with Gasteiger partial charge in [0, 0.05) is 25.8 Å². The van der Waals surface area contributed by atoms with Gasteiger partial charge < -0.3 is 15.1 Å². The summed E-state index contributed by atoms with van der Waals surface area (Å²) in [4.78, 5) is 10.8. The molecule has 1 unspecified atom stereocenters. The maximum atomic E-state index is 5.62. The lowest BCUT2D eigenvalue weighted by atomic mass is 10.3. The Hall–Kier alpha value is -1.40. The van der Waals surface area contributed by atoms with Crippen molar-refractivity contribution in [3.8, 4) is 0 Å². The first-order valence-corrected chi connectivity index (χ1v) is 5.88. The molecule has 0 aliphatic carbocycles. The second-order valence-electron chi connectivity index (χ2n) is 4.28. The average Bonchev–Trinajstić information content (AvgIpc) is 2.53. The summed E-state index contributed by atoms with van der Waals surface area (Å²) in [5.41, 5.74) is 2.57. The van der Waals surface area contributed by atoms with Gasteiger partial charge in [0.15, 0.2) is 0 Å². The van der Waals surface area contributed by atoms with Crippen LogP contribution in [0.5, 0.6) is 0 Å². The average molecular weight is 237 g/mol. The van der Waals surface area contributed by atoms with E-state index in [1.807, 2.05) is 13.0 Å². The molecule has 1 atom stereocenters. The molecule has 0 amide bonds. The van der Waals surface area contributed by atoms with Crippen molar-refractivity contribution in [1.82, 2.24) is 9.97 Å². The van der Waals surface area contributed by atoms with Crippen molar-refractivity contribution in [2.45, 2.75) is 26.4 Å². The van der Waals surface area contributed by atoms with E-state index >= 15 is 0 Å². The Labute approximate surface area is 101 Å². The molecule has 0 aromatic carbocycles. The monoisotopic (exact) mass is 237 g/mol. The van der Waals surface area contributed by atoms with Crippen LogP contribution in [0.15, 0.2) is 6.07 Å². The predicted molar refractivity (Wildman–Crippen MR) is 66.8 cm³/mol. The Morgan fingerprint density at radius 3 is 3.12 bits per heavy atom. The van der Waals surface area contributed by atoms with Gasteiger partial charge in [0.1, 0.15) is 17.5 Å². The highest BCUT2D eigenvalue weighted by Crippen LogP contribution is 2.18. The van der Waals surface area contributed by atoms with E-state index in [1.165, 1.54) is 0 Å². The number of rotatable bonds is 2. The third-order valence-electron chi connectivity index (χ3n) is 2.75. The van der Waals surface area contributed by atoms with Crippen molar-refractivity contribution in [2.75, 3.05) is 30.0 Å². The molecule has 1 aliphatic heterocycles. The highest BCUT2D eigenvalue weighted by molar-refractivity contribution is 5.49. The number of aromatic nitrogens is 2. The van der Waals surface area contributed by atoms with E-state index in [1.54, 1.807) is 0 Å². The number of hydrazine groups is 1. The van der Waals surface area contributed by atoms with Gasteiger partial charge in [0.25, 0.3) is 0 Å². The molecule has 1 saturated heterocycles. The molecule has 1 aromatic heterocycles. The molecule has 0 spiro atoms. The minimum Gasteiger partial charge on any atom is -0.377 e. The number of hydrogen-bond acceptors (Lipinski definition) is 6. The molecule has 1 aliphatic rings. The Balaban J connectivity index is 2.22. The molecule has 0 saturated carbocycles. The van der Waals surface area contributed by atoms with Crippen molar-refractivity contribution >= 4 is 11.6 Å². The Morgan fingerprint density at radius 2 is 2.35 bits per heavy atom. The molecular formula is C11H19N5O. The molecule has 17 heavy (non-hydrogen) atoms. The van der Waals surface area contributed by atoms with Gasteiger partial charge in [0.2, 0.25) is 0 Å². The number of nitrogens with two attached hydrogens (primary N) is 1. The third-order valence-corrected chi connectivity index (χ3v) is 2.75. The summed E-state index contributed by atoms with van der Waals surface area (Å²) in [5, 5.41) is 0. The maximum Gasteiger partial charge on any atom is 0.145 e. The number of aryl methyl sites for hydroxylation is 1. The van der Waals surface area contributed by atoms with Crippen LogP contribution < -0.4 is 16.2 Å². The fraction of sp³-hybridized carbons (Fsp3) is 0.636. The molecule has 94 valence electrons. The van der Waals surface area contributed by atoms with Crippen molar-refractivity contribution in [3.05, 3.63) is 11.9 Å². The van der Waals surface area contributed by atoms with Crippen LogP contribution in [0.3, 0.4) is 0 Å². The Morgan fingerprint density at radius 1 is 1.53 bits per heavy atom. The number of ether oxygens (including phenoxy) is 1. The van der Waals surface area contributed by atoms with Crippen molar-refractivity contribution < 1.29 is 4.74 Å². The van der Waals surface area contributed by atoms with Crippen LogP contribution in [0.1, 0.15) is 19.2 Å². The van der Waals surface area contributed by atoms with Gasteiger partial charge in [0.05, 0.1) is 6.10 Å². The van der Waals surface area contributed by atoms with Crippen LogP contribution in [-0.4, -0.2) is 35.8 Å². The first-order valence-electron chi connectivity index (χ1n) is 5.88. The highest BCUT2D eigenvalue weighted by atomic mass is 16.5. The number of nitrogen functional groups attached to an aromatic ring is 1. The van der Waals surface area contributed by atoms with Gasteiger partial charge in [-0.3, -0.25) is 0 Å². The van der Waals surface area contributed by atoms with E-state index in [9.17, 15) is 0 Å². The van der Waals surface area contributed by atoms with Gasteiger partial charge >= 0.3 is 0 Å². The summed E-state index contributed by atoms with van der Waals surface area (Å²) in [6, 6.07) is 1.87. The lowest BCUT2D eigenvalue weighted by Crippen LogP contribution is -2.31. The Kier molecular flexibility index (Phi) is 3.75. The number of anilines is 2. The zero-order chi connectivity index (χ0) is 12.3. The van der Waals surface area contributed by atoms with E-state index in [0.29, 0.717) is 11.6 Å². The van der Waals surface area contributed by atoms with Crippen LogP contribution in [0.4, 0.5) is 11.6 Å². The summed E-state index contributed by atoms with van der Waals surface area (Å²) in [5.74, 6) is 7.66. The molecule has 1 fully saturated rings. The van der Waals surface area contributed by atoms with Crippen LogP contribution >= 0.6 is 0 Å². The summed E-state index contributed by atoms with van der Waals surface area (Å²) in [7, 11) is 0. The molecule has 6 heteroatoms. The van der Waals surface area contributed by atoms with E-state index in [0.717, 1.165) is 31.9 Å². The van der Waals surface area contributed by atoms with Gasteiger partial charge in [-0.25, -0.2) is 15.8 Å². The fourth-order valence-corrected chi connectivity index (χ4v) is 1.99. The van der Waals surface area contributed by atoms with Gasteiger partial charge in [-0.05, 0) is 20.3 Å². The molecule has 0 radical (unpaired) electrons. The second kappa shape index (κ2) is 5.29. The quantitative estimate of drug-likeness (QED) is 0.582. The largest absolute Gasteiger partial charge is 0.377 e. The van der Waals surface area contributed by atoms with Gasteiger partial charge in [-0.15, -0.1) is 0 Å². The molecule has 6 nitrogen and oxygen atoms in total. The van der Waals surface area contributed by atoms with Crippen molar-refractivity contribution in [1.29, 1.82) is 0 Å². The second-order valence-corrected chi connectivity index (χ2v) is 4.28. The first-order chi connectivity index (χ1) is 8.19. The van der Waals surface area contributed by atoms with Crippen LogP contribution in [-0.2, 0) is 4.74 Å². The summed E-state index contributed by atoms with van der Waals surface area (Å²) in [6.45, 7) is 6.55. The SMILES string of the molecule is Cc1nc(NN)cc(N2CCCOC(C)C2)n1. The summed E-state index contributed by atoms with van der Waals surface area (Å²) >= 11 is 0. The normalized spacial score (nSPS) is 21.1. The number of nitrogens with one attached hydrogen (secondary N) is 1. The van der Waals surface area contributed by atoms with Crippen LogP contribution in [0.25, 0.3) is 0 Å². The molecule has 3 N–H and O–H groups in total. The molecule has 2 heterocycles. The maximum absolute atomic E-state index is 5.62. The first kappa shape index (κ1) is 12.1. The lowest BCUT2D eigenvalue weighted by Gasteiger charge is -2.23. The number of hydrogen-bond donors (Lipinski definition) is 2. The molecule has 1 aromatic rings. The standard InChI is InChI=1S/C11H19N5O/c1-8-7-16(4-3-5-17-8)11-6-10(15-12)13-9(2)14-11/h6,8H,3-5,7,12H2,1-2H3,(H,13,14,15). The third kappa shape index (κ3) is 3.04.